The molecule has 222 valence electrons. The van der Waals surface area contributed by atoms with Gasteiger partial charge in [-0.05, 0) is 86.4 Å². The fraction of sp³-hybridized carbons (Fsp3) is 0.233. The Labute approximate surface area is 256 Å². The summed E-state index contributed by atoms with van der Waals surface area (Å²) in [4.78, 5) is 23.3. The van der Waals surface area contributed by atoms with E-state index in [1.54, 1.807) is 4.90 Å². The van der Waals surface area contributed by atoms with Crippen LogP contribution in [-0.2, 0) is 11.2 Å². The van der Waals surface area contributed by atoms with Crippen LogP contribution < -0.4 is 15.0 Å². The number of aryl methyl sites for hydroxylation is 3. The summed E-state index contributed by atoms with van der Waals surface area (Å²) in [7, 11) is 0. The minimum atomic E-state index is -4.75. The van der Waals surface area contributed by atoms with Crippen molar-refractivity contribution in [1.29, 1.82) is 0 Å². The van der Waals surface area contributed by atoms with Crippen molar-refractivity contribution in [2.24, 2.45) is 4.99 Å². The zero-order valence-corrected chi connectivity index (χ0v) is 25.1. The van der Waals surface area contributed by atoms with Crippen LogP contribution in [0.3, 0.4) is 0 Å². The molecule has 3 aromatic carbocycles. The SMILES string of the molecule is Cc1cc(C)c(N2C(=O)CSC2=NC(=S)NCCc2cccc(-c3ncn(-c4ccc(OC(F)(F)F)cc4)n3)c2)c(C)c1. The van der Waals surface area contributed by atoms with Crippen molar-refractivity contribution in [3.05, 3.63) is 89.2 Å². The predicted octanol–water partition coefficient (Wildman–Crippen LogP) is 6.31. The number of thiocarbonyl (C=S) groups is 1. The van der Waals surface area contributed by atoms with Gasteiger partial charge in [0, 0.05) is 12.1 Å². The Kier molecular flexibility index (Phi) is 8.83. The summed E-state index contributed by atoms with van der Waals surface area (Å²) in [6.45, 7) is 6.53. The molecule has 0 unspecified atom stereocenters. The van der Waals surface area contributed by atoms with Gasteiger partial charge >= 0.3 is 6.36 Å². The monoisotopic (exact) mass is 624 g/mol. The van der Waals surface area contributed by atoms with E-state index >= 15 is 0 Å². The quantitative estimate of drug-likeness (QED) is 0.241. The average Bonchev–Trinajstić information content (AvgIpc) is 3.56. The number of amidine groups is 1. The van der Waals surface area contributed by atoms with E-state index in [-0.39, 0.29) is 11.7 Å². The van der Waals surface area contributed by atoms with Crippen LogP contribution in [0.25, 0.3) is 17.1 Å². The molecule has 0 bridgehead atoms. The largest absolute Gasteiger partial charge is 0.573 e. The molecule has 1 aliphatic heterocycles. The van der Waals surface area contributed by atoms with Crippen LogP contribution in [0.5, 0.6) is 5.75 Å². The van der Waals surface area contributed by atoms with Gasteiger partial charge in [0.2, 0.25) is 5.91 Å². The number of nitrogens with zero attached hydrogens (tertiary/aromatic N) is 5. The molecule has 1 amide bonds. The van der Waals surface area contributed by atoms with Gasteiger partial charge in [-0.1, -0.05) is 47.7 Å². The number of carbonyl (C=O) groups is 1. The molecule has 1 N–H and O–H groups in total. The molecular weight excluding hydrogens is 597 g/mol. The molecule has 1 aliphatic rings. The number of nitrogens with one attached hydrogen (secondary N) is 1. The minimum absolute atomic E-state index is 0.0260. The number of hydrogen-bond acceptors (Lipinski definition) is 6. The van der Waals surface area contributed by atoms with Crippen molar-refractivity contribution in [1.82, 2.24) is 20.1 Å². The Balaban J connectivity index is 1.21. The number of benzene rings is 3. The topological polar surface area (TPSA) is 84.6 Å². The van der Waals surface area contributed by atoms with Gasteiger partial charge in [0.1, 0.15) is 12.1 Å². The number of halogens is 3. The molecule has 1 aromatic heterocycles. The molecule has 1 saturated heterocycles. The van der Waals surface area contributed by atoms with Gasteiger partial charge in [0.05, 0.1) is 17.1 Å². The van der Waals surface area contributed by atoms with Crippen LogP contribution in [0.2, 0.25) is 0 Å². The molecule has 8 nitrogen and oxygen atoms in total. The highest BCUT2D eigenvalue weighted by molar-refractivity contribution is 8.15. The van der Waals surface area contributed by atoms with Crippen LogP contribution in [0.1, 0.15) is 22.3 Å². The number of thioether (sulfide) groups is 1. The fourth-order valence-corrected chi connectivity index (χ4v) is 5.92. The number of hydrogen-bond donors (Lipinski definition) is 1. The fourth-order valence-electron chi connectivity index (χ4n) is 4.82. The highest BCUT2D eigenvalue weighted by atomic mass is 32.2. The van der Waals surface area contributed by atoms with Crippen molar-refractivity contribution >= 4 is 45.9 Å². The van der Waals surface area contributed by atoms with Gasteiger partial charge in [0.15, 0.2) is 16.1 Å². The summed E-state index contributed by atoms with van der Waals surface area (Å²) in [6, 6.07) is 17.2. The average molecular weight is 625 g/mol. The number of carbonyl (C=O) groups excluding carboxylic acids is 1. The molecule has 0 atom stereocenters. The van der Waals surface area contributed by atoms with E-state index in [1.807, 2.05) is 45.0 Å². The number of anilines is 1. The highest BCUT2D eigenvalue weighted by Crippen LogP contribution is 2.33. The lowest BCUT2D eigenvalue weighted by Gasteiger charge is -2.21. The first-order chi connectivity index (χ1) is 20.5. The van der Waals surface area contributed by atoms with Gasteiger partial charge in [0.25, 0.3) is 0 Å². The molecule has 0 radical (unpaired) electrons. The second-order valence-electron chi connectivity index (χ2n) is 9.90. The Morgan fingerprint density at radius 1 is 1.09 bits per heavy atom. The van der Waals surface area contributed by atoms with Gasteiger partial charge in [-0.2, -0.15) is 4.99 Å². The van der Waals surface area contributed by atoms with Crippen LogP contribution in [0, 0.1) is 20.8 Å². The normalized spacial score (nSPS) is 14.4. The van der Waals surface area contributed by atoms with E-state index in [2.05, 4.69) is 37.3 Å². The Morgan fingerprint density at radius 3 is 2.51 bits per heavy atom. The van der Waals surface area contributed by atoms with Crippen LogP contribution >= 0.6 is 24.0 Å². The van der Waals surface area contributed by atoms with Crippen molar-refractivity contribution in [2.45, 2.75) is 33.6 Å². The van der Waals surface area contributed by atoms with Crippen LogP contribution in [-0.4, -0.2) is 49.6 Å². The first-order valence-corrected chi connectivity index (χ1v) is 14.6. The maximum Gasteiger partial charge on any atom is 0.573 e. The smallest absolute Gasteiger partial charge is 0.406 e. The molecule has 0 saturated carbocycles. The van der Waals surface area contributed by atoms with E-state index in [1.165, 1.54) is 47.0 Å². The number of amides is 1. The van der Waals surface area contributed by atoms with Crippen molar-refractivity contribution in [3.63, 3.8) is 0 Å². The summed E-state index contributed by atoms with van der Waals surface area (Å²) >= 11 is 6.85. The van der Waals surface area contributed by atoms with E-state index in [4.69, 9.17) is 12.2 Å². The molecule has 0 spiro atoms. The van der Waals surface area contributed by atoms with Crippen molar-refractivity contribution < 1.29 is 22.7 Å². The maximum absolute atomic E-state index is 12.8. The molecule has 0 aliphatic carbocycles. The lowest BCUT2D eigenvalue weighted by Crippen LogP contribution is -2.32. The molecule has 13 heteroatoms. The number of aromatic nitrogens is 3. The summed E-state index contributed by atoms with van der Waals surface area (Å²) in [5.74, 6) is 0.440. The predicted molar refractivity (Wildman–Crippen MR) is 166 cm³/mol. The Hall–Kier alpha value is -4.23. The Morgan fingerprint density at radius 2 is 1.81 bits per heavy atom. The van der Waals surface area contributed by atoms with E-state index in [9.17, 15) is 18.0 Å². The molecule has 1 fully saturated rings. The van der Waals surface area contributed by atoms with Gasteiger partial charge in [-0.3, -0.25) is 9.69 Å². The zero-order valence-electron chi connectivity index (χ0n) is 23.5. The van der Waals surface area contributed by atoms with Crippen molar-refractivity contribution in [3.8, 4) is 22.8 Å². The lowest BCUT2D eigenvalue weighted by molar-refractivity contribution is -0.274. The highest BCUT2D eigenvalue weighted by Gasteiger charge is 2.32. The lowest BCUT2D eigenvalue weighted by atomic mass is 10.0. The molecule has 4 aromatic rings. The third-order valence-electron chi connectivity index (χ3n) is 6.52. The second-order valence-corrected chi connectivity index (χ2v) is 11.2. The number of ether oxygens (including phenoxy) is 1. The third-order valence-corrected chi connectivity index (χ3v) is 7.68. The van der Waals surface area contributed by atoms with E-state index in [0.717, 1.165) is 33.5 Å². The van der Waals surface area contributed by atoms with Crippen LogP contribution in [0.4, 0.5) is 18.9 Å². The third kappa shape index (κ3) is 7.41. The van der Waals surface area contributed by atoms with E-state index < -0.39 is 6.36 Å². The molecule has 43 heavy (non-hydrogen) atoms. The van der Waals surface area contributed by atoms with Gasteiger partial charge < -0.3 is 10.1 Å². The minimum Gasteiger partial charge on any atom is -0.406 e. The van der Waals surface area contributed by atoms with Gasteiger partial charge in [-0.15, -0.1) is 18.3 Å². The summed E-state index contributed by atoms with van der Waals surface area (Å²) in [6.07, 6.45) is -2.61. The molecule has 5 rings (SSSR count). The maximum atomic E-state index is 12.8. The number of alkyl halides is 3. The molecule has 2 heterocycles. The number of aliphatic imine (C=N–C) groups is 1. The van der Waals surface area contributed by atoms with Crippen LogP contribution in [0.15, 0.2) is 72.0 Å². The van der Waals surface area contributed by atoms with Crippen molar-refractivity contribution in [2.75, 3.05) is 17.2 Å². The molecular formula is C30H27F3N6O2S2. The second kappa shape index (κ2) is 12.6. The summed E-state index contributed by atoms with van der Waals surface area (Å²) < 4.78 is 42.7. The zero-order chi connectivity index (χ0) is 30.7. The summed E-state index contributed by atoms with van der Waals surface area (Å²) in [5.41, 5.74) is 6.34. The standard InChI is InChI=1S/C30H27F3N6O2S2/c1-18-13-19(2)26(20(3)14-18)39-25(40)16-43-29(39)36-28(42)34-12-11-21-5-4-6-22(15-21)27-35-17-38(37-27)23-7-9-24(10-8-23)41-30(31,32)33/h4-10,13-15,17H,11-12,16H2,1-3H3,(H,34,42). The van der Waals surface area contributed by atoms with Gasteiger partial charge in [-0.25, -0.2) is 9.67 Å². The first-order valence-electron chi connectivity index (χ1n) is 13.2. The summed E-state index contributed by atoms with van der Waals surface area (Å²) in [5, 5.41) is 8.49. The number of rotatable bonds is 7. The first kappa shape index (κ1) is 30.2. The van der Waals surface area contributed by atoms with E-state index in [0.29, 0.717) is 40.5 Å². The Bertz CT molecular complexity index is 1680.